The molecule has 7 heteroatoms. The quantitative estimate of drug-likeness (QED) is 0.884. The van der Waals surface area contributed by atoms with E-state index in [-0.39, 0.29) is 29.1 Å². The highest BCUT2D eigenvalue weighted by molar-refractivity contribution is 5.99. The highest BCUT2D eigenvalue weighted by Gasteiger charge is 2.36. The Labute approximate surface area is 163 Å². The number of benzene rings is 1. The summed E-state index contributed by atoms with van der Waals surface area (Å²) in [6, 6.07) is 7.81. The Morgan fingerprint density at radius 1 is 1.11 bits per heavy atom. The smallest absolute Gasteiger partial charge is 0.320 e. The second-order valence-electron chi connectivity index (χ2n) is 7.58. The lowest BCUT2D eigenvalue weighted by atomic mass is 10.00. The minimum Gasteiger partial charge on any atom is -0.338 e. The minimum atomic E-state index is -0.336. The fourth-order valence-electron chi connectivity index (χ4n) is 4.44. The Morgan fingerprint density at radius 3 is 2.50 bits per heavy atom. The number of para-hydroxylation sites is 1. The molecule has 2 aliphatic rings. The highest BCUT2D eigenvalue weighted by atomic mass is 16.2. The van der Waals surface area contributed by atoms with E-state index < -0.39 is 0 Å². The van der Waals surface area contributed by atoms with Crippen LogP contribution in [0.4, 0.5) is 4.79 Å². The van der Waals surface area contributed by atoms with Crippen LogP contribution in [0.15, 0.2) is 29.1 Å². The normalized spacial score (nSPS) is 18.4. The van der Waals surface area contributed by atoms with E-state index in [9.17, 15) is 14.4 Å². The third kappa shape index (κ3) is 3.04. The van der Waals surface area contributed by atoms with Gasteiger partial charge in [-0.25, -0.2) is 4.79 Å². The number of likely N-dealkylation sites (N-methyl/N-ethyl adjacent to an activating group) is 1. The summed E-state index contributed by atoms with van der Waals surface area (Å²) in [6.45, 7) is 7.22. The number of aromatic amines is 1. The monoisotopic (exact) mass is 382 g/mol. The largest absolute Gasteiger partial charge is 0.338 e. The zero-order valence-electron chi connectivity index (χ0n) is 16.4. The summed E-state index contributed by atoms with van der Waals surface area (Å²) >= 11 is 0. The van der Waals surface area contributed by atoms with Gasteiger partial charge in [-0.05, 0) is 38.3 Å². The van der Waals surface area contributed by atoms with Crippen LogP contribution in [0.2, 0.25) is 0 Å². The predicted octanol–water partition coefficient (Wildman–Crippen LogP) is 2.20. The Bertz CT molecular complexity index is 975. The van der Waals surface area contributed by atoms with Crippen LogP contribution < -0.4 is 5.56 Å². The fourth-order valence-corrected chi connectivity index (χ4v) is 4.44. The molecule has 1 N–H and O–H groups in total. The Hall–Kier alpha value is -2.83. The Balaban J connectivity index is 1.50. The van der Waals surface area contributed by atoms with Crippen molar-refractivity contribution in [1.29, 1.82) is 0 Å². The third-order valence-corrected chi connectivity index (χ3v) is 6.10. The molecule has 28 heavy (non-hydrogen) atoms. The zero-order chi connectivity index (χ0) is 19.8. The Morgan fingerprint density at radius 2 is 1.82 bits per heavy atom. The molecule has 0 bridgehead atoms. The first kappa shape index (κ1) is 18.5. The van der Waals surface area contributed by atoms with Gasteiger partial charge in [0.25, 0.3) is 11.5 Å². The molecule has 3 heterocycles. The molecule has 1 aromatic carbocycles. The van der Waals surface area contributed by atoms with Crippen LogP contribution in [0.25, 0.3) is 10.9 Å². The second-order valence-corrected chi connectivity index (χ2v) is 7.58. The van der Waals surface area contributed by atoms with E-state index in [4.69, 9.17) is 0 Å². The maximum atomic E-state index is 13.1. The lowest BCUT2D eigenvalue weighted by Crippen LogP contribution is -2.48. The molecular weight excluding hydrogens is 356 g/mol. The number of pyridine rings is 1. The molecule has 7 nitrogen and oxygen atoms in total. The van der Waals surface area contributed by atoms with Crippen molar-refractivity contribution in [2.75, 3.05) is 32.7 Å². The van der Waals surface area contributed by atoms with Gasteiger partial charge in [-0.3, -0.25) is 9.59 Å². The van der Waals surface area contributed by atoms with Gasteiger partial charge in [0.2, 0.25) is 0 Å². The van der Waals surface area contributed by atoms with E-state index in [1.165, 1.54) is 0 Å². The van der Waals surface area contributed by atoms with E-state index in [1.807, 2.05) is 47.9 Å². The number of amides is 3. The molecule has 1 aromatic heterocycles. The number of likely N-dealkylation sites (tertiary alicyclic amines) is 1. The number of nitrogens with zero attached hydrogens (tertiary/aromatic N) is 3. The van der Waals surface area contributed by atoms with Crippen LogP contribution in [-0.2, 0) is 0 Å². The zero-order valence-corrected chi connectivity index (χ0v) is 16.4. The van der Waals surface area contributed by atoms with Crippen molar-refractivity contribution in [1.82, 2.24) is 19.7 Å². The summed E-state index contributed by atoms with van der Waals surface area (Å²) in [5.74, 6) is -0.217. The average Bonchev–Trinajstić information content (AvgIpc) is 3.08. The first-order valence-electron chi connectivity index (χ1n) is 9.97. The van der Waals surface area contributed by atoms with E-state index in [1.54, 1.807) is 4.90 Å². The van der Waals surface area contributed by atoms with Crippen molar-refractivity contribution in [3.63, 3.8) is 0 Å². The summed E-state index contributed by atoms with van der Waals surface area (Å²) < 4.78 is 0. The number of urea groups is 1. The van der Waals surface area contributed by atoms with Crippen molar-refractivity contribution in [3.05, 3.63) is 45.7 Å². The van der Waals surface area contributed by atoms with Crippen LogP contribution in [0.1, 0.15) is 35.7 Å². The number of fused-ring (bicyclic) bond motifs is 1. The molecule has 0 saturated carbocycles. The van der Waals surface area contributed by atoms with Crippen molar-refractivity contribution in [2.45, 2.75) is 32.7 Å². The van der Waals surface area contributed by atoms with Crippen LogP contribution in [0.3, 0.4) is 0 Å². The molecule has 0 unspecified atom stereocenters. The first-order valence-corrected chi connectivity index (χ1v) is 9.97. The topological polar surface area (TPSA) is 76.7 Å². The van der Waals surface area contributed by atoms with Crippen molar-refractivity contribution >= 4 is 22.8 Å². The number of aryl methyl sites for hydroxylation is 1. The van der Waals surface area contributed by atoms with Crippen LogP contribution in [0, 0.1) is 6.92 Å². The lowest BCUT2D eigenvalue weighted by molar-refractivity contribution is 0.0661. The number of carbonyl (C=O) groups excluding carboxylic acids is 2. The van der Waals surface area contributed by atoms with Gasteiger partial charge >= 0.3 is 6.03 Å². The number of carbonyl (C=O) groups is 2. The summed E-state index contributed by atoms with van der Waals surface area (Å²) in [5, 5.41) is 0.891. The molecule has 2 aromatic rings. The number of rotatable bonds is 3. The number of hydrogen-bond acceptors (Lipinski definition) is 3. The molecule has 2 saturated heterocycles. The molecule has 0 atom stereocenters. The number of aromatic nitrogens is 1. The van der Waals surface area contributed by atoms with Crippen LogP contribution in [0.5, 0.6) is 0 Å². The van der Waals surface area contributed by atoms with Gasteiger partial charge in [0, 0.05) is 49.7 Å². The average molecular weight is 382 g/mol. The maximum Gasteiger partial charge on any atom is 0.320 e. The molecule has 148 valence electrons. The van der Waals surface area contributed by atoms with E-state index in [0.29, 0.717) is 13.1 Å². The predicted molar refractivity (Wildman–Crippen MR) is 108 cm³/mol. The van der Waals surface area contributed by atoms with Crippen molar-refractivity contribution in [3.8, 4) is 0 Å². The molecule has 2 fully saturated rings. The van der Waals surface area contributed by atoms with Gasteiger partial charge in [-0.2, -0.15) is 0 Å². The molecule has 0 radical (unpaired) electrons. The number of nitrogens with one attached hydrogen (secondary N) is 1. The fraction of sp³-hybridized carbons (Fsp3) is 0.476. The number of hydrogen-bond donors (Lipinski definition) is 1. The highest BCUT2D eigenvalue weighted by Crippen LogP contribution is 2.24. The van der Waals surface area contributed by atoms with Gasteiger partial charge in [-0.1, -0.05) is 18.2 Å². The van der Waals surface area contributed by atoms with E-state index in [0.717, 1.165) is 48.9 Å². The van der Waals surface area contributed by atoms with E-state index >= 15 is 0 Å². The number of H-pyrrole nitrogens is 1. The van der Waals surface area contributed by atoms with Gasteiger partial charge in [0.15, 0.2) is 0 Å². The molecule has 4 rings (SSSR count). The summed E-state index contributed by atoms with van der Waals surface area (Å²) in [5.41, 5.74) is 1.36. The van der Waals surface area contributed by atoms with Crippen LogP contribution in [-0.4, -0.2) is 70.4 Å². The van der Waals surface area contributed by atoms with Crippen LogP contribution >= 0.6 is 0 Å². The Kier molecular flexibility index (Phi) is 4.83. The first-order chi connectivity index (χ1) is 13.5. The van der Waals surface area contributed by atoms with Gasteiger partial charge < -0.3 is 19.7 Å². The van der Waals surface area contributed by atoms with Gasteiger partial charge in [0.1, 0.15) is 5.56 Å². The summed E-state index contributed by atoms with van der Waals surface area (Å²) in [4.78, 5) is 46.4. The molecule has 0 aliphatic carbocycles. The minimum absolute atomic E-state index is 0.106. The third-order valence-electron chi connectivity index (χ3n) is 6.10. The van der Waals surface area contributed by atoms with E-state index in [2.05, 4.69) is 4.98 Å². The SMILES string of the molecule is CCN1CCN(C2CCN(C(=O)c3c(C)c4ccccc4[nH]c3=O)CC2)C1=O. The molecule has 0 spiro atoms. The van der Waals surface area contributed by atoms with Gasteiger partial charge in [0.05, 0.1) is 0 Å². The molecule has 2 aliphatic heterocycles. The number of piperidine rings is 1. The van der Waals surface area contributed by atoms with Crippen molar-refractivity contribution in [2.24, 2.45) is 0 Å². The second kappa shape index (κ2) is 7.30. The molecular formula is C21H26N4O3. The molecule has 3 amide bonds. The van der Waals surface area contributed by atoms with Crippen molar-refractivity contribution < 1.29 is 9.59 Å². The summed E-state index contributed by atoms with van der Waals surface area (Å²) in [6.07, 6.45) is 1.50. The maximum absolute atomic E-state index is 13.1. The summed E-state index contributed by atoms with van der Waals surface area (Å²) in [7, 11) is 0. The standard InChI is InChI=1S/C21H26N4O3/c1-3-23-12-13-25(21(23)28)15-8-10-24(11-9-15)20(27)18-14(2)16-6-4-5-7-17(16)22-19(18)26/h4-7,15H,3,8-13H2,1-2H3,(H,22,26). The lowest BCUT2D eigenvalue weighted by Gasteiger charge is -2.36. The van der Waals surface area contributed by atoms with Gasteiger partial charge in [-0.15, -0.1) is 0 Å².